The van der Waals surface area contributed by atoms with Gasteiger partial charge >= 0.3 is 0 Å². The molecule has 0 N–H and O–H groups in total. The van der Waals surface area contributed by atoms with Crippen LogP contribution in [0.2, 0.25) is 0 Å². The Morgan fingerprint density at radius 2 is 1.67 bits per heavy atom. The van der Waals surface area contributed by atoms with E-state index in [0.29, 0.717) is 0 Å². The smallest absolute Gasteiger partial charge is 0.153 e. The Bertz CT molecular complexity index is 80.6. The minimum atomic E-state index is 0.755. The maximum absolute atomic E-state index is 3.34. The quantitative estimate of drug-likeness (QED) is 0.477. The molecule has 1 nitrogen and oxygen atoms in total. The summed E-state index contributed by atoms with van der Waals surface area (Å²) in [5, 5.41) is 0. The molecule has 0 radical (unpaired) electrons. The zero-order chi connectivity index (χ0) is 6.85. The van der Waals surface area contributed by atoms with Crippen molar-refractivity contribution in [3.63, 3.8) is 0 Å². The average molecular weight is 129 g/mol. The molecule has 0 aliphatic carbocycles. The van der Waals surface area contributed by atoms with Crippen LogP contribution in [0.25, 0.3) is 0 Å². The van der Waals surface area contributed by atoms with Crippen LogP contribution in [0.15, 0.2) is 0 Å². The summed E-state index contributed by atoms with van der Waals surface area (Å²) in [4.78, 5) is 0. The fraction of sp³-hybridized carbons (Fsp3) is 1.00. The van der Waals surface area contributed by atoms with E-state index in [2.05, 4.69) is 25.1 Å². The molecule has 0 aromatic carbocycles. The summed E-state index contributed by atoms with van der Waals surface area (Å²) in [5.74, 6) is 0. The van der Waals surface area contributed by atoms with Gasteiger partial charge in [-0.25, -0.2) is 0 Å². The molecule has 9 heavy (non-hydrogen) atoms. The van der Waals surface area contributed by atoms with E-state index in [1.807, 2.05) is 0 Å². The van der Waals surface area contributed by atoms with Crippen LogP contribution in [0.5, 0.6) is 0 Å². The Balaban J connectivity index is 2.44. The van der Waals surface area contributed by atoms with E-state index in [1.54, 1.807) is 0 Å². The van der Waals surface area contributed by atoms with Gasteiger partial charge in [-0.2, -0.15) is 0 Å². The highest BCUT2D eigenvalue weighted by molar-refractivity contribution is 4.70. The van der Waals surface area contributed by atoms with Crippen LogP contribution in [-0.2, 0) is 4.37 Å². The first kappa shape index (κ1) is 7.07. The summed E-state index contributed by atoms with van der Waals surface area (Å²) in [6.45, 7) is 7.93. The Morgan fingerprint density at radius 1 is 1.22 bits per heavy atom. The van der Waals surface area contributed by atoms with Gasteiger partial charge in [0.05, 0.1) is 0 Å². The van der Waals surface area contributed by atoms with Crippen molar-refractivity contribution >= 4 is 0 Å². The van der Waals surface area contributed by atoms with Crippen molar-refractivity contribution in [1.29, 1.82) is 0 Å². The highest BCUT2D eigenvalue weighted by atomic mass is 16.7. The molecule has 1 heterocycles. The van der Waals surface area contributed by atoms with Gasteiger partial charge in [0.2, 0.25) is 0 Å². The van der Waals surface area contributed by atoms with Crippen molar-refractivity contribution in [3.05, 3.63) is 0 Å². The van der Waals surface area contributed by atoms with E-state index in [4.69, 9.17) is 0 Å². The largest absolute Gasteiger partial charge is 0.418 e. The lowest BCUT2D eigenvalue weighted by Gasteiger charge is -2.20. The van der Waals surface area contributed by atoms with Crippen molar-refractivity contribution < 1.29 is 4.37 Å². The van der Waals surface area contributed by atoms with Crippen LogP contribution in [0.1, 0.15) is 33.6 Å². The molecule has 54 valence electrons. The van der Waals surface area contributed by atoms with Gasteiger partial charge in [-0.3, -0.25) is 0 Å². The van der Waals surface area contributed by atoms with Crippen molar-refractivity contribution in [1.82, 2.24) is 0 Å². The summed E-state index contributed by atoms with van der Waals surface area (Å²) in [5.41, 5.74) is 0. The molecule has 0 bridgehead atoms. The van der Waals surface area contributed by atoms with E-state index in [-0.39, 0.29) is 0 Å². The Hall–Kier alpha value is -0.0400. The lowest BCUT2D eigenvalue weighted by Crippen LogP contribution is -2.23. The van der Waals surface area contributed by atoms with Gasteiger partial charge in [0, 0.05) is 33.6 Å². The minimum Gasteiger partial charge on any atom is -0.418 e. The van der Waals surface area contributed by atoms with Gasteiger partial charge in [0.25, 0.3) is 0 Å². The molecule has 1 rings (SSSR count). The summed E-state index contributed by atoms with van der Waals surface area (Å²) in [6.07, 6.45) is 4.23. The molecule has 1 fully saturated rings. The normalized spacial score (nSPS) is 37.7. The molecule has 0 spiro atoms. The molecular formula is C8H17O+. The van der Waals surface area contributed by atoms with Crippen LogP contribution >= 0.6 is 0 Å². The molecule has 0 aromatic rings. The first-order chi connectivity index (χ1) is 4.25. The molecule has 1 heteroatoms. The summed E-state index contributed by atoms with van der Waals surface area (Å²) in [7, 11) is 0. The molecule has 1 aliphatic rings. The zero-order valence-corrected chi connectivity index (χ0v) is 6.68. The molecule has 0 unspecified atom stereocenters. The maximum Gasteiger partial charge on any atom is 0.153 e. The van der Waals surface area contributed by atoms with E-state index in [0.717, 1.165) is 18.8 Å². The first-order valence-electron chi connectivity index (χ1n) is 3.94. The van der Waals surface area contributed by atoms with Crippen LogP contribution in [0, 0.1) is 0 Å². The first-order valence-corrected chi connectivity index (χ1v) is 3.94. The maximum atomic E-state index is 3.34. The van der Waals surface area contributed by atoms with E-state index in [9.17, 15) is 0 Å². The SMILES string of the molecule is CC[O+]1[C@H](C)CC[C@@H]1C. The monoisotopic (exact) mass is 129 g/mol. The average Bonchev–Trinajstić information content (AvgIpc) is 2.12. The fourth-order valence-corrected chi connectivity index (χ4v) is 1.74. The Morgan fingerprint density at radius 3 is 1.89 bits per heavy atom. The molecule has 2 atom stereocenters. The zero-order valence-electron chi connectivity index (χ0n) is 6.68. The number of hydrogen-bond donors (Lipinski definition) is 0. The van der Waals surface area contributed by atoms with Crippen molar-refractivity contribution in [3.8, 4) is 0 Å². The second kappa shape index (κ2) is 2.70. The third-order valence-corrected chi connectivity index (χ3v) is 2.35. The van der Waals surface area contributed by atoms with Crippen LogP contribution < -0.4 is 0 Å². The van der Waals surface area contributed by atoms with Gasteiger partial charge in [-0.05, 0) is 0 Å². The van der Waals surface area contributed by atoms with Crippen LogP contribution in [0.3, 0.4) is 0 Å². The second-order valence-electron chi connectivity index (χ2n) is 2.96. The lowest BCUT2D eigenvalue weighted by molar-refractivity contribution is -0.184. The molecule has 0 aromatic heterocycles. The summed E-state index contributed by atoms with van der Waals surface area (Å²) < 4.78 is 3.34. The van der Waals surface area contributed by atoms with Crippen molar-refractivity contribution in [2.45, 2.75) is 45.8 Å². The number of hydrogen-bond acceptors (Lipinski definition) is 0. The van der Waals surface area contributed by atoms with Gasteiger partial charge < -0.3 is 4.37 Å². The van der Waals surface area contributed by atoms with Gasteiger partial charge in [-0.1, -0.05) is 0 Å². The molecule has 1 aliphatic heterocycles. The second-order valence-corrected chi connectivity index (χ2v) is 2.96. The third-order valence-electron chi connectivity index (χ3n) is 2.35. The highest BCUT2D eigenvalue weighted by Crippen LogP contribution is 2.26. The van der Waals surface area contributed by atoms with Crippen LogP contribution in [-0.4, -0.2) is 18.8 Å². The third kappa shape index (κ3) is 1.26. The van der Waals surface area contributed by atoms with Crippen LogP contribution in [0.4, 0.5) is 0 Å². The topological polar surface area (TPSA) is 2.70 Å². The highest BCUT2D eigenvalue weighted by Gasteiger charge is 2.31. The summed E-state index contributed by atoms with van der Waals surface area (Å²) in [6, 6.07) is 0. The van der Waals surface area contributed by atoms with Crippen molar-refractivity contribution in [2.75, 3.05) is 6.61 Å². The lowest BCUT2D eigenvalue weighted by atomic mass is 10.2. The van der Waals surface area contributed by atoms with Gasteiger partial charge in [0.1, 0.15) is 6.61 Å². The standard InChI is InChI=1S/C8H17O/c1-4-9-7(2)5-6-8(9)3/h7-8H,4-6H2,1-3H3/q+1/t7-,8+. The predicted octanol–water partition coefficient (Wildman–Crippen LogP) is 2.13. The fourth-order valence-electron chi connectivity index (χ4n) is 1.74. The van der Waals surface area contributed by atoms with E-state index in [1.165, 1.54) is 12.8 Å². The molecular weight excluding hydrogens is 112 g/mol. The van der Waals surface area contributed by atoms with E-state index < -0.39 is 0 Å². The Kier molecular flexibility index (Phi) is 2.12. The minimum absolute atomic E-state index is 0.755. The van der Waals surface area contributed by atoms with E-state index >= 15 is 0 Å². The molecule has 0 amide bonds. The Labute approximate surface area is 57.7 Å². The summed E-state index contributed by atoms with van der Waals surface area (Å²) >= 11 is 0. The number of rotatable bonds is 1. The van der Waals surface area contributed by atoms with Gasteiger partial charge in [-0.15, -0.1) is 0 Å². The van der Waals surface area contributed by atoms with Gasteiger partial charge in [0.15, 0.2) is 12.2 Å². The predicted molar refractivity (Wildman–Crippen MR) is 39.8 cm³/mol. The van der Waals surface area contributed by atoms with Crippen molar-refractivity contribution in [2.24, 2.45) is 0 Å². The molecule has 0 saturated carbocycles. The molecule has 1 saturated heterocycles.